The molecule has 5 heterocycles. The molecule has 0 amide bonds. The number of hydrogen-bond acceptors (Lipinski definition) is 8. The van der Waals surface area contributed by atoms with Crippen LogP contribution in [0.25, 0.3) is 28.0 Å². The number of benzene rings is 2. The first-order chi connectivity index (χ1) is 23.2. The number of aryl methyl sites for hydroxylation is 1. The van der Waals surface area contributed by atoms with Gasteiger partial charge in [0.25, 0.3) is 0 Å². The second-order valence-electron chi connectivity index (χ2n) is 13.6. The van der Waals surface area contributed by atoms with Crippen LogP contribution in [0.15, 0.2) is 42.5 Å². The van der Waals surface area contributed by atoms with Crippen molar-refractivity contribution in [3.8, 4) is 28.1 Å². The number of aromatic nitrogens is 2. The number of methoxy groups -OCH3 is 1. The Balaban J connectivity index is 0.000000874. The summed E-state index contributed by atoms with van der Waals surface area (Å²) in [6.45, 7) is 11.8. The number of halogens is 3. The molecule has 3 aliphatic heterocycles. The minimum Gasteiger partial charge on any atom is -0.490 e. The Morgan fingerprint density at radius 1 is 1.04 bits per heavy atom. The molecular weight excluding hydrogens is 656 g/mol. The van der Waals surface area contributed by atoms with Crippen LogP contribution in [0, 0.1) is 18.6 Å². The molecule has 0 atom stereocenters. The zero-order valence-electron chi connectivity index (χ0n) is 28.9. The summed E-state index contributed by atoms with van der Waals surface area (Å²) < 4.78 is 53.6. The lowest BCUT2D eigenvalue weighted by Gasteiger charge is -2.41. The number of rotatable bonds is 2. The Hall–Kier alpha value is -3.77. The van der Waals surface area contributed by atoms with E-state index >= 15 is 0 Å². The first-order valence-electron chi connectivity index (χ1n) is 16.4. The summed E-state index contributed by atoms with van der Waals surface area (Å²) in [7, 11) is 1.38. The molecule has 0 saturated carbocycles. The van der Waals surface area contributed by atoms with Gasteiger partial charge < -0.3 is 29.0 Å². The summed E-state index contributed by atoms with van der Waals surface area (Å²) in [4.78, 5) is 19.7. The summed E-state index contributed by atoms with van der Waals surface area (Å²) in [5.41, 5.74) is 3.66. The minimum atomic E-state index is -1.00. The van der Waals surface area contributed by atoms with Gasteiger partial charge in [0, 0.05) is 35.8 Å². The highest BCUT2D eigenvalue weighted by atomic mass is 35.5. The number of ether oxygens (including phenoxy) is 4. The van der Waals surface area contributed by atoms with E-state index in [1.165, 1.54) is 7.11 Å². The number of nitrogens with zero attached hydrogens (tertiary/aromatic N) is 3. The topological polar surface area (TPSA) is 94.8 Å². The summed E-state index contributed by atoms with van der Waals surface area (Å²) in [5.74, 6) is -1.35. The Kier molecular flexibility index (Phi) is 11.2. The number of fused-ring (bicyclic) bond motifs is 8. The van der Waals surface area contributed by atoms with Crippen LogP contribution >= 0.6 is 11.6 Å². The first-order valence-corrected chi connectivity index (χ1v) is 16.7. The quantitative estimate of drug-likeness (QED) is 0.174. The van der Waals surface area contributed by atoms with Gasteiger partial charge in [0.05, 0.1) is 44.6 Å². The fourth-order valence-corrected chi connectivity index (χ4v) is 6.28. The van der Waals surface area contributed by atoms with Crippen molar-refractivity contribution in [2.75, 3.05) is 51.5 Å². The Morgan fingerprint density at radius 2 is 1.69 bits per heavy atom. The van der Waals surface area contributed by atoms with E-state index in [4.69, 9.17) is 40.6 Å². The normalized spacial score (nSPS) is 16.4. The van der Waals surface area contributed by atoms with Gasteiger partial charge >= 0.3 is 5.97 Å². The van der Waals surface area contributed by atoms with Crippen molar-refractivity contribution < 1.29 is 37.6 Å². The van der Waals surface area contributed by atoms with Gasteiger partial charge in [0.15, 0.2) is 11.6 Å². The monoisotopic (exact) mass is 699 g/mol. The SMILES string of the molecule is CC(C)(C)O.COC(=O)Cc1c(C)cc2nc3c(Cl)n2c1N1CCC(C)(CC1)OCCOCCOc1cc(F)c(F)cc1-c1cccc-3c1. The highest BCUT2D eigenvalue weighted by Crippen LogP contribution is 2.40. The number of aliphatic hydroxyl groups is 1. The van der Waals surface area contributed by atoms with Gasteiger partial charge in [-0.25, -0.2) is 13.8 Å². The number of carbonyl (C=O) groups is 1. The number of imidazole rings is 1. The number of hydrogen-bond donors (Lipinski definition) is 1. The van der Waals surface area contributed by atoms with Gasteiger partial charge in [-0.1, -0.05) is 29.8 Å². The molecule has 12 heteroatoms. The van der Waals surface area contributed by atoms with E-state index in [2.05, 4.69) is 11.8 Å². The van der Waals surface area contributed by atoms with Crippen LogP contribution in [-0.4, -0.2) is 78.3 Å². The third-order valence-electron chi connectivity index (χ3n) is 8.45. The van der Waals surface area contributed by atoms with E-state index in [0.29, 0.717) is 59.5 Å². The molecule has 2 aromatic carbocycles. The van der Waals surface area contributed by atoms with Crippen LogP contribution in [0.3, 0.4) is 0 Å². The first kappa shape index (κ1) is 36.5. The van der Waals surface area contributed by atoms with Crippen molar-refractivity contribution in [1.29, 1.82) is 0 Å². The predicted octanol–water partition coefficient (Wildman–Crippen LogP) is 7.19. The van der Waals surface area contributed by atoms with E-state index in [0.717, 1.165) is 41.9 Å². The zero-order valence-corrected chi connectivity index (χ0v) is 29.6. The molecule has 264 valence electrons. The Bertz CT molecular complexity index is 1810. The van der Waals surface area contributed by atoms with Crippen molar-refractivity contribution in [1.82, 2.24) is 9.38 Å². The van der Waals surface area contributed by atoms with Crippen LogP contribution in [0.4, 0.5) is 14.6 Å². The van der Waals surface area contributed by atoms with Crippen molar-refractivity contribution in [3.05, 3.63) is 70.4 Å². The summed E-state index contributed by atoms with van der Waals surface area (Å²) in [6.07, 6.45) is 1.58. The maximum Gasteiger partial charge on any atom is 0.310 e. The van der Waals surface area contributed by atoms with E-state index in [1.807, 2.05) is 35.6 Å². The molecule has 1 fully saturated rings. The van der Waals surface area contributed by atoms with Gasteiger partial charge in [-0.2, -0.15) is 0 Å². The molecule has 2 aromatic heterocycles. The van der Waals surface area contributed by atoms with Crippen LogP contribution < -0.4 is 9.64 Å². The molecule has 0 radical (unpaired) electrons. The molecule has 0 aliphatic carbocycles. The van der Waals surface area contributed by atoms with Crippen molar-refractivity contribution in [2.45, 2.75) is 65.1 Å². The summed E-state index contributed by atoms with van der Waals surface area (Å²) in [5, 5.41) is 8.89. The maximum absolute atomic E-state index is 14.5. The number of carbonyl (C=O) groups excluding carboxylic acids is 1. The van der Waals surface area contributed by atoms with Crippen molar-refractivity contribution in [3.63, 3.8) is 0 Å². The second-order valence-corrected chi connectivity index (χ2v) is 13.9. The number of piperidine rings is 1. The molecule has 49 heavy (non-hydrogen) atoms. The maximum atomic E-state index is 14.5. The standard InChI is InChI=1S/C33H34ClF2N3O5.C4H10O/c1-20-15-28-37-30-22-6-4-5-21(16-22)24-17-25(35)26(36)19-27(24)43-13-11-42-12-14-44-33(2)7-9-38(10-8-33)32(39(28)31(30)34)23(20)18-29(40)41-3;1-4(2,3)5/h4-6,15-17,19H,7-14,18H2,1-3H3;5H,1-3H3. The van der Waals surface area contributed by atoms with E-state index in [9.17, 15) is 13.6 Å². The molecule has 9 nitrogen and oxygen atoms in total. The molecular formula is C37H44ClF2N3O6. The van der Waals surface area contributed by atoms with Gasteiger partial charge in [0.2, 0.25) is 0 Å². The zero-order chi connectivity index (χ0) is 35.5. The third kappa shape index (κ3) is 8.70. The summed E-state index contributed by atoms with van der Waals surface area (Å²) in [6, 6.07) is 11.4. The molecule has 1 saturated heterocycles. The van der Waals surface area contributed by atoms with E-state index in [-0.39, 0.29) is 37.0 Å². The largest absolute Gasteiger partial charge is 0.490 e. The number of pyridine rings is 1. The lowest BCUT2D eigenvalue weighted by Crippen LogP contribution is -2.45. The molecule has 6 bridgehead atoms. The van der Waals surface area contributed by atoms with E-state index < -0.39 is 17.2 Å². The highest BCUT2D eigenvalue weighted by molar-refractivity contribution is 6.32. The van der Waals surface area contributed by atoms with Crippen molar-refractivity contribution >= 4 is 29.0 Å². The third-order valence-corrected chi connectivity index (χ3v) is 8.80. The molecule has 1 N–H and O–H groups in total. The minimum absolute atomic E-state index is 0.0768. The lowest BCUT2D eigenvalue weighted by atomic mass is 9.92. The number of anilines is 1. The van der Waals surface area contributed by atoms with Gasteiger partial charge in [-0.15, -0.1) is 0 Å². The molecule has 4 aromatic rings. The van der Waals surface area contributed by atoms with Gasteiger partial charge in [-0.3, -0.25) is 9.20 Å². The Morgan fingerprint density at radius 3 is 2.39 bits per heavy atom. The average molecular weight is 700 g/mol. The second kappa shape index (κ2) is 15.0. The number of esters is 1. The molecule has 0 spiro atoms. The van der Waals surface area contributed by atoms with Crippen molar-refractivity contribution in [2.24, 2.45) is 0 Å². The average Bonchev–Trinajstić information content (AvgIpc) is 3.37. The molecule has 7 rings (SSSR count). The van der Waals surface area contributed by atoms with Gasteiger partial charge in [0.1, 0.15) is 34.7 Å². The lowest BCUT2D eigenvalue weighted by molar-refractivity contribution is -0.139. The molecule has 3 aliphatic rings. The van der Waals surface area contributed by atoms with Crippen LogP contribution in [-0.2, 0) is 25.4 Å². The van der Waals surface area contributed by atoms with Gasteiger partial charge in [-0.05, 0) is 76.8 Å². The van der Waals surface area contributed by atoms with Crippen LogP contribution in [0.2, 0.25) is 5.15 Å². The van der Waals surface area contributed by atoms with E-state index in [1.54, 1.807) is 26.8 Å². The fourth-order valence-electron chi connectivity index (χ4n) is 5.96. The van der Waals surface area contributed by atoms with Crippen LogP contribution in [0.1, 0.15) is 51.7 Å². The smallest absolute Gasteiger partial charge is 0.310 e. The Labute approximate surface area is 290 Å². The molecule has 0 unspecified atom stereocenters. The highest BCUT2D eigenvalue weighted by Gasteiger charge is 2.34. The fraction of sp³-hybridized carbons (Fsp3) is 0.459. The van der Waals surface area contributed by atoms with Crippen LogP contribution in [0.5, 0.6) is 5.75 Å². The predicted molar refractivity (Wildman–Crippen MR) is 186 cm³/mol. The summed E-state index contributed by atoms with van der Waals surface area (Å²) >= 11 is 7.15.